The third-order valence-electron chi connectivity index (χ3n) is 4.60. The van der Waals surface area contributed by atoms with Gasteiger partial charge in [0.15, 0.2) is 0 Å². The molecule has 2 aromatic heterocycles. The molecule has 114 valence electrons. The fourth-order valence-corrected chi connectivity index (χ4v) is 3.44. The molecule has 0 saturated carbocycles. The van der Waals surface area contributed by atoms with Crippen LogP contribution in [0.5, 0.6) is 0 Å². The summed E-state index contributed by atoms with van der Waals surface area (Å²) in [6, 6.07) is 2.70. The van der Waals surface area contributed by atoms with Crippen LogP contribution in [0, 0.1) is 27.7 Å². The summed E-state index contributed by atoms with van der Waals surface area (Å²) in [5.41, 5.74) is 6.13. The minimum absolute atomic E-state index is 0.533. The second-order valence-corrected chi connectivity index (χ2v) is 6.28. The second-order valence-electron chi connectivity index (χ2n) is 6.28. The molecule has 5 nitrogen and oxygen atoms in total. The number of nitrogens with one attached hydrogen (secondary N) is 1. The highest BCUT2D eigenvalue weighted by molar-refractivity contribution is 5.23. The standard InChI is InChI=1S/C16H25N5/c1-11-9-12(2)21(19-11)15-5-7-20(10-15)8-6-16-13(3)17-18-14(16)4/h9,15H,5-8,10H2,1-4H3,(H,17,18)/t15-/m1/s1. The molecule has 1 fully saturated rings. The van der Waals surface area contributed by atoms with Crippen molar-refractivity contribution in [3.05, 3.63) is 34.4 Å². The van der Waals surface area contributed by atoms with Gasteiger partial charge in [0.1, 0.15) is 0 Å². The van der Waals surface area contributed by atoms with Crippen molar-refractivity contribution in [3.8, 4) is 0 Å². The maximum Gasteiger partial charge on any atom is 0.0661 e. The molecule has 0 spiro atoms. The molecule has 0 amide bonds. The first kappa shape index (κ1) is 14.3. The summed E-state index contributed by atoms with van der Waals surface area (Å²) in [7, 11) is 0. The van der Waals surface area contributed by atoms with E-state index in [0.29, 0.717) is 6.04 Å². The van der Waals surface area contributed by atoms with Gasteiger partial charge in [0.05, 0.1) is 17.4 Å². The first-order valence-electron chi connectivity index (χ1n) is 7.80. The minimum atomic E-state index is 0.533. The molecular weight excluding hydrogens is 262 g/mol. The number of rotatable bonds is 4. The normalized spacial score (nSPS) is 19.5. The zero-order valence-electron chi connectivity index (χ0n) is 13.5. The molecule has 0 unspecified atom stereocenters. The Bertz CT molecular complexity index is 605. The summed E-state index contributed by atoms with van der Waals surface area (Å²) in [5.74, 6) is 0. The third-order valence-corrected chi connectivity index (χ3v) is 4.60. The number of hydrogen-bond donors (Lipinski definition) is 1. The molecule has 5 heteroatoms. The number of aryl methyl sites for hydroxylation is 4. The van der Waals surface area contributed by atoms with Crippen molar-refractivity contribution >= 4 is 0 Å². The Balaban J connectivity index is 1.59. The Hall–Kier alpha value is -1.62. The monoisotopic (exact) mass is 287 g/mol. The first-order valence-corrected chi connectivity index (χ1v) is 7.80. The third kappa shape index (κ3) is 2.88. The number of aromatic amines is 1. The van der Waals surface area contributed by atoms with Crippen LogP contribution in [0.4, 0.5) is 0 Å². The molecule has 1 aliphatic heterocycles. The highest BCUT2D eigenvalue weighted by Gasteiger charge is 2.25. The van der Waals surface area contributed by atoms with Crippen molar-refractivity contribution in [1.82, 2.24) is 24.9 Å². The largest absolute Gasteiger partial charge is 0.301 e. The molecule has 1 atom stereocenters. The van der Waals surface area contributed by atoms with E-state index >= 15 is 0 Å². The number of hydrogen-bond acceptors (Lipinski definition) is 3. The van der Waals surface area contributed by atoms with Gasteiger partial charge in [-0.2, -0.15) is 10.2 Å². The smallest absolute Gasteiger partial charge is 0.0661 e. The summed E-state index contributed by atoms with van der Waals surface area (Å²) in [6.45, 7) is 11.8. The molecule has 2 aromatic rings. The SMILES string of the molecule is Cc1cc(C)n([C@@H]2CCN(CCc3c(C)n[nH]c3C)C2)n1. The number of H-pyrrole nitrogens is 1. The van der Waals surface area contributed by atoms with Crippen molar-refractivity contribution < 1.29 is 0 Å². The molecule has 0 aromatic carbocycles. The van der Waals surface area contributed by atoms with Crippen molar-refractivity contribution in [2.45, 2.75) is 46.6 Å². The lowest BCUT2D eigenvalue weighted by Crippen LogP contribution is -2.25. The predicted molar refractivity (Wildman–Crippen MR) is 83.6 cm³/mol. The topological polar surface area (TPSA) is 49.7 Å². The summed E-state index contributed by atoms with van der Waals surface area (Å²) < 4.78 is 2.21. The highest BCUT2D eigenvalue weighted by atomic mass is 15.3. The van der Waals surface area contributed by atoms with E-state index in [9.17, 15) is 0 Å². The van der Waals surface area contributed by atoms with Gasteiger partial charge in [-0.1, -0.05) is 0 Å². The van der Waals surface area contributed by atoms with Gasteiger partial charge < -0.3 is 4.90 Å². The lowest BCUT2D eigenvalue weighted by Gasteiger charge is -2.17. The van der Waals surface area contributed by atoms with Crippen LogP contribution in [0.2, 0.25) is 0 Å². The van der Waals surface area contributed by atoms with Crippen LogP contribution in [0.3, 0.4) is 0 Å². The average Bonchev–Trinajstić information content (AvgIpc) is 3.10. The van der Waals surface area contributed by atoms with Crippen LogP contribution >= 0.6 is 0 Å². The zero-order chi connectivity index (χ0) is 15.0. The van der Waals surface area contributed by atoms with E-state index in [0.717, 1.165) is 30.9 Å². The van der Waals surface area contributed by atoms with Crippen LogP contribution in [0.1, 0.15) is 40.8 Å². The number of nitrogens with zero attached hydrogens (tertiary/aromatic N) is 4. The Morgan fingerprint density at radius 3 is 2.71 bits per heavy atom. The molecule has 3 heterocycles. The van der Waals surface area contributed by atoms with E-state index in [1.165, 1.54) is 29.9 Å². The van der Waals surface area contributed by atoms with Gasteiger partial charge in [0.25, 0.3) is 0 Å². The van der Waals surface area contributed by atoms with Gasteiger partial charge in [-0.05, 0) is 52.2 Å². The maximum atomic E-state index is 4.64. The van der Waals surface area contributed by atoms with Crippen LogP contribution < -0.4 is 0 Å². The fraction of sp³-hybridized carbons (Fsp3) is 0.625. The van der Waals surface area contributed by atoms with Crippen molar-refractivity contribution in [1.29, 1.82) is 0 Å². The van der Waals surface area contributed by atoms with Gasteiger partial charge in [-0.3, -0.25) is 9.78 Å². The molecular formula is C16H25N5. The summed E-state index contributed by atoms with van der Waals surface area (Å²) in [5, 5.41) is 12.0. The summed E-state index contributed by atoms with van der Waals surface area (Å²) in [4.78, 5) is 2.55. The lowest BCUT2D eigenvalue weighted by molar-refractivity contribution is 0.321. The van der Waals surface area contributed by atoms with Crippen LogP contribution in [0.15, 0.2) is 6.07 Å². The van der Waals surface area contributed by atoms with Gasteiger partial charge in [0, 0.05) is 31.0 Å². The first-order chi connectivity index (χ1) is 10.0. The fourth-order valence-electron chi connectivity index (χ4n) is 3.44. The number of aromatic nitrogens is 4. The van der Waals surface area contributed by atoms with E-state index in [1.54, 1.807) is 0 Å². The van der Waals surface area contributed by atoms with Crippen LogP contribution in [-0.4, -0.2) is 44.5 Å². The Morgan fingerprint density at radius 1 is 1.29 bits per heavy atom. The van der Waals surface area contributed by atoms with E-state index in [2.05, 4.69) is 58.6 Å². The summed E-state index contributed by atoms with van der Waals surface area (Å²) in [6.07, 6.45) is 2.28. The molecule has 0 aliphatic carbocycles. The molecule has 0 bridgehead atoms. The van der Waals surface area contributed by atoms with E-state index in [-0.39, 0.29) is 0 Å². The molecule has 1 aliphatic rings. The van der Waals surface area contributed by atoms with Crippen molar-refractivity contribution in [3.63, 3.8) is 0 Å². The van der Waals surface area contributed by atoms with Crippen LogP contribution in [0.25, 0.3) is 0 Å². The quantitative estimate of drug-likeness (QED) is 0.939. The molecule has 3 rings (SSSR count). The van der Waals surface area contributed by atoms with Crippen molar-refractivity contribution in [2.24, 2.45) is 0 Å². The molecule has 0 radical (unpaired) electrons. The van der Waals surface area contributed by atoms with E-state index < -0.39 is 0 Å². The van der Waals surface area contributed by atoms with Gasteiger partial charge in [-0.15, -0.1) is 0 Å². The maximum absolute atomic E-state index is 4.64. The van der Waals surface area contributed by atoms with E-state index in [1.807, 2.05) is 0 Å². The lowest BCUT2D eigenvalue weighted by atomic mass is 10.1. The van der Waals surface area contributed by atoms with Gasteiger partial charge >= 0.3 is 0 Å². The highest BCUT2D eigenvalue weighted by Crippen LogP contribution is 2.23. The van der Waals surface area contributed by atoms with E-state index in [4.69, 9.17) is 0 Å². The molecule has 21 heavy (non-hydrogen) atoms. The van der Waals surface area contributed by atoms with Crippen molar-refractivity contribution in [2.75, 3.05) is 19.6 Å². The summed E-state index contributed by atoms with van der Waals surface area (Å²) >= 11 is 0. The predicted octanol–water partition coefficient (Wildman–Crippen LogP) is 2.33. The Morgan fingerprint density at radius 2 is 2.10 bits per heavy atom. The number of likely N-dealkylation sites (tertiary alicyclic amines) is 1. The van der Waals surface area contributed by atoms with Gasteiger partial charge in [0.2, 0.25) is 0 Å². The van der Waals surface area contributed by atoms with Gasteiger partial charge in [-0.25, -0.2) is 0 Å². The van der Waals surface area contributed by atoms with Crippen LogP contribution in [-0.2, 0) is 6.42 Å². The zero-order valence-corrected chi connectivity index (χ0v) is 13.5. The Kier molecular flexibility index (Phi) is 3.85. The Labute approximate surface area is 126 Å². The molecule has 1 saturated heterocycles. The molecule has 1 N–H and O–H groups in total. The second kappa shape index (κ2) is 5.64. The average molecular weight is 287 g/mol. The minimum Gasteiger partial charge on any atom is -0.301 e.